The first-order valence-corrected chi connectivity index (χ1v) is 7.31. The second-order valence-electron chi connectivity index (χ2n) is 5.44. The second-order valence-corrected chi connectivity index (χ2v) is 5.44. The van der Waals surface area contributed by atoms with Crippen molar-refractivity contribution in [3.8, 4) is 0 Å². The van der Waals surface area contributed by atoms with Gasteiger partial charge in [0.25, 0.3) is 5.91 Å². The number of carbonyl (C=O) groups excluding carboxylic acids is 1. The van der Waals surface area contributed by atoms with Gasteiger partial charge in [-0.25, -0.2) is 4.98 Å². The maximum Gasteiger partial charge on any atom is 0.254 e. The van der Waals surface area contributed by atoms with Crippen molar-refractivity contribution in [1.82, 2.24) is 14.8 Å². The third-order valence-electron chi connectivity index (χ3n) is 3.81. The lowest BCUT2D eigenvalue weighted by Crippen LogP contribution is -2.52. The Morgan fingerprint density at radius 2 is 2.30 bits per heavy atom. The lowest BCUT2D eigenvalue weighted by molar-refractivity contribution is 0.0572. The quantitative estimate of drug-likeness (QED) is 0.909. The van der Waals surface area contributed by atoms with Crippen molar-refractivity contribution in [3.05, 3.63) is 23.9 Å². The van der Waals surface area contributed by atoms with E-state index in [1.165, 1.54) is 0 Å². The minimum absolute atomic E-state index is 0.104. The highest BCUT2D eigenvalue weighted by molar-refractivity contribution is 5.94. The molecular weight excluding hydrogens is 252 g/mol. The predicted octanol–water partition coefficient (Wildman–Crippen LogP) is 1.68. The van der Waals surface area contributed by atoms with Crippen LogP contribution in [0.5, 0.6) is 0 Å². The van der Waals surface area contributed by atoms with Gasteiger partial charge in [0.1, 0.15) is 5.82 Å². The minimum atomic E-state index is 0.104. The summed E-state index contributed by atoms with van der Waals surface area (Å²) in [5.74, 6) is 0.881. The van der Waals surface area contributed by atoms with Crippen molar-refractivity contribution < 1.29 is 4.79 Å². The van der Waals surface area contributed by atoms with Crippen LogP contribution in [0.2, 0.25) is 0 Å². The Balaban J connectivity index is 2.05. The number of rotatable bonds is 4. The normalized spacial score (nSPS) is 19.9. The molecule has 1 aliphatic heterocycles. The molecule has 1 atom stereocenters. The highest BCUT2D eigenvalue weighted by Gasteiger charge is 2.25. The van der Waals surface area contributed by atoms with Gasteiger partial charge in [-0.15, -0.1) is 0 Å². The molecule has 1 unspecified atom stereocenters. The highest BCUT2D eigenvalue weighted by atomic mass is 16.2. The summed E-state index contributed by atoms with van der Waals surface area (Å²) in [4.78, 5) is 21.0. The lowest BCUT2D eigenvalue weighted by atomic mass is 10.1. The Morgan fingerprint density at radius 3 is 3.00 bits per heavy atom. The van der Waals surface area contributed by atoms with Gasteiger partial charge in [-0.3, -0.25) is 4.79 Å². The molecule has 5 nitrogen and oxygen atoms in total. The largest absolute Gasteiger partial charge is 0.370 e. The van der Waals surface area contributed by atoms with Crippen molar-refractivity contribution in [2.45, 2.75) is 26.3 Å². The van der Waals surface area contributed by atoms with Crippen LogP contribution in [-0.4, -0.2) is 60.0 Å². The third-order valence-corrected chi connectivity index (χ3v) is 3.81. The van der Waals surface area contributed by atoms with E-state index in [1.54, 1.807) is 12.3 Å². The van der Waals surface area contributed by atoms with Crippen LogP contribution in [0.25, 0.3) is 0 Å². The number of hydrogen-bond donors (Lipinski definition) is 1. The monoisotopic (exact) mass is 276 g/mol. The fourth-order valence-electron chi connectivity index (χ4n) is 2.33. The molecule has 0 bridgehead atoms. The molecule has 0 radical (unpaired) electrons. The van der Waals surface area contributed by atoms with Gasteiger partial charge in [0.15, 0.2) is 0 Å². The molecule has 20 heavy (non-hydrogen) atoms. The molecule has 0 aromatic carbocycles. The van der Waals surface area contributed by atoms with Crippen molar-refractivity contribution in [1.29, 1.82) is 0 Å². The first-order valence-electron chi connectivity index (χ1n) is 7.31. The molecular formula is C15H24N4O. The number of nitrogens with zero attached hydrogens (tertiary/aromatic N) is 3. The number of anilines is 1. The van der Waals surface area contributed by atoms with E-state index in [4.69, 9.17) is 0 Å². The van der Waals surface area contributed by atoms with Gasteiger partial charge in [-0.2, -0.15) is 0 Å². The SMILES string of the molecule is CCCNc1cc(C(=O)N2CCN(C)C(C)C2)ccn1. The number of nitrogens with one attached hydrogen (secondary N) is 1. The van der Waals surface area contributed by atoms with E-state index in [0.29, 0.717) is 6.04 Å². The van der Waals surface area contributed by atoms with Crippen LogP contribution in [0.3, 0.4) is 0 Å². The number of pyridine rings is 1. The fourth-order valence-corrected chi connectivity index (χ4v) is 2.33. The first kappa shape index (κ1) is 14.8. The molecule has 2 heterocycles. The molecule has 1 aromatic rings. The van der Waals surface area contributed by atoms with Gasteiger partial charge >= 0.3 is 0 Å². The summed E-state index contributed by atoms with van der Waals surface area (Å²) in [6.45, 7) is 7.64. The summed E-state index contributed by atoms with van der Waals surface area (Å²) in [5, 5.41) is 3.22. The zero-order chi connectivity index (χ0) is 14.5. The number of likely N-dealkylation sites (N-methyl/N-ethyl adjacent to an activating group) is 1. The fraction of sp³-hybridized carbons (Fsp3) is 0.600. The van der Waals surface area contributed by atoms with Crippen molar-refractivity contribution in [3.63, 3.8) is 0 Å². The van der Waals surface area contributed by atoms with Crippen LogP contribution in [-0.2, 0) is 0 Å². The molecule has 0 saturated carbocycles. The summed E-state index contributed by atoms with van der Waals surface area (Å²) in [6, 6.07) is 4.05. The van der Waals surface area contributed by atoms with Crippen LogP contribution in [0.15, 0.2) is 18.3 Å². The summed E-state index contributed by atoms with van der Waals surface area (Å²) in [7, 11) is 2.10. The summed E-state index contributed by atoms with van der Waals surface area (Å²) < 4.78 is 0. The number of piperazine rings is 1. The molecule has 1 N–H and O–H groups in total. The van der Waals surface area contributed by atoms with E-state index < -0.39 is 0 Å². The molecule has 1 fully saturated rings. The zero-order valence-corrected chi connectivity index (χ0v) is 12.6. The number of amides is 1. The van der Waals surface area contributed by atoms with Gasteiger partial charge in [0.05, 0.1) is 0 Å². The Morgan fingerprint density at radius 1 is 1.50 bits per heavy atom. The lowest BCUT2D eigenvalue weighted by Gasteiger charge is -2.37. The van der Waals surface area contributed by atoms with E-state index in [1.807, 2.05) is 11.0 Å². The molecule has 1 saturated heterocycles. The smallest absolute Gasteiger partial charge is 0.254 e. The van der Waals surface area contributed by atoms with Gasteiger partial charge in [0, 0.05) is 44.0 Å². The highest BCUT2D eigenvalue weighted by Crippen LogP contribution is 2.13. The Labute approximate surface area is 121 Å². The van der Waals surface area contributed by atoms with Gasteiger partial charge in [0.2, 0.25) is 0 Å². The van der Waals surface area contributed by atoms with E-state index in [2.05, 4.69) is 36.1 Å². The molecule has 110 valence electrons. The zero-order valence-electron chi connectivity index (χ0n) is 12.6. The second kappa shape index (κ2) is 6.70. The van der Waals surface area contributed by atoms with Crippen molar-refractivity contribution in [2.24, 2.45) is 0 Å². The third kappa shape index (κ3) is 3.48. The molecule has 1 aromatic heterocycles. The topological polar surface area (TPSA) is 48.5 Å². The van der Waals surface area contributed by atoms with E-state index in [0.717, 1.165) is 44.0 Å². The maximum atomic E-state index is 12.5. The standard InChI is InChI=1S/C15H24N4O/c1-4-6-16-14-10-13(5-7-17-14)15(20)19-9-8-18(3)12(2)11-19/h5,7,10,12H,4,6,8-9,11H2,1-3H3,(H,16,17). The van der Waals surface area contributed by atoms with Crippen LogP contribution in [0.1, 0.15) is 30.6 Å². The number of carbonyl (C=O) groups is 1. The number of aromatic nitrogens is 1. The van der Waals surface area contributed by atoms with E-state index in [9.17, 15) is 4.79 Å². The van der Waals surface area contributed by atoms with Crippen molar-refractivity contribution >= 4 is 11.7 Å². The predicted molar refractivity (Wildman–Crippen MR) is 81.0 cm³/mol. The summed E-state index contributed by atoms with van der Waals surface area (Å²) in [5.41, 5.74) is 0.718. The maximum absolute atomic E-state index is 12.5. The van der Waals surface area contributed by atoms with Crippen LogP contribution >= 0.6 is 0 Å². The molecule has 1 aliphatic rings. The van der Waals surface area contributed by atoms with Crippen molar-refractivity contribution in [2.75, 3.05) is 38.5 Å². The van der Waals surface area contributed by atoms with Gasteiger partial charge in [-0.05, 0) is 32.5 Å². The van der Waals surface area contributed by atoms with Crippen LogP contribution < -0.4 is 5.32 Å². The molecule has 2 rings (SSSR count). The molecule has 0 spiro atoms. The molecule has 1 amide bonds. The van der Waals surface area contributed by atoms with Crippen LogP contribution in [0.4, 0.5) is 5.82 Å². The van der Waals surface area contributed by atoms with Gasteiger partial charge in [-0.1, -0.05) is 6.92 Å². The summed E-state index contributed by atoms with van der Waals surface area (Å²) in [6.07, 6.45) is 2.74. The van der Waals surface area contributed by atoms with E-state index >= 15 is 0 Å². The molecule has 0 aliphatic carbocycles. The average molecular weight is 276 g/mol. The minimum Gasteiger partial charge on any atom is -0.370 e. The van der Waals surface area contributed by atoms with Crippen LogP contribution in [0, 0.1) is 0 Å². The Bertz CT molecular complexity index is 463. The first-order chi connectivity index (χ1) is 9.61. The van der Waals surface area contributed by atoms with E-state index in [-0.39, 0.29) is 5.91 Å². The summed E-state index contributed by atoms with van der Waals surface area (Å²) >= 11 is 0. The Hall–Kier alpha value is -1.62. The van der Waals surface area contributed by atoms with Gasteiger partial charge < -0.3 is 15.1 Å². The molecule has 5 heteroatoms. The number of hydrogen-bond acceptors (Lipinski definition) is 4. The average Bonchev–Trinajstić information content (AvgIpc) is 2.47. The Kier molecular flexibility index (Phi) is 4.95.